The van der Waals surface area contributed by atoms with Gasteiger partial charge in [0.15, 0.2) is 0 Å². The number of fused-ring (bicyclic) bond motifs is 1. The number of ether oxygens (including phenoxy) is 1. The van der Waals surface area contributed by atoms with Gasteiger partial charge in [0.1, 0.15) is 18.0 Å². The summed E-state index contributed by atoms with van der Waals surface area (Å²) in [6, 6.07) is 10.3. The minimum Gasteiger partial charge on any atom is -0.378 e. The molecule has 158 valence electrons. The van der Waals surface area contributed by atoms with E-state index in [-0.39, 0.29) is 5.91 Å². The Kier molecular flexibility index (Phi) is 5.50. The SMILES string of the molecule is O=C(CN1CCN(c2cc(N3CCOCC3)ncn2)CC1)N1CCc2ccccc21. The Hall–Kier alpha value is -2.71. The van der Waals surface area contributed by atoms with Crippen LogP contribution in [0.1, 0.15) is 5.56 Å². The molecule has 0 radical (unpaired) electrons. The number of aromatic nitrogens is 2. The predicted molar refractivity (Wildman–Crippen MR) is 116 cm³/mol. The van der Waals surface area contributed by atoms with Crippen molar-refractivity contribution >= 4 is 23.2 Å². The van der Waals surface area contributed by atoms with Crippen LogP contribution in [0.25, 0.3) is 0 Å². The van der Waals surface area contributed by atoms with E-state index in [9.17, 15) is 4.79 Å². The maximum absolute atomic E-state index is 12.9. The van der Waals surface area contributed by atoms with Gasteiger partial charge in [-0.25, -0.2) is 9.97 Å². The molecule has 2 fully saturated rings. The van der Waals surface area contributed by atoms with Gasteiger partial charge in [-0.1, -0.05) is 18.2 Å². The van der Waals surface area contributed by atoms with Gasteiger partial charge in [-0.3, -0.25) is 9.69 Å². The molecule has 0 saturated carbocycles. The van der Waals surface area contributed by atoms with Crippen LogP contribution in [0.3, 0.4) is 0 Å². The predicted octanol–water partition coefficient (Wildman–Crippen LogP) is 1.02. The number of hydrogen-bond acceptors (Lipinski definition) is 7. The van der Waals surface area contributed by atoms with Crippen molar-refractivity contribution in [2.75, 3.05) is 80.3 Å². The van der Waals surface area contributed by atoms with Gasteiger partial charge in [-0.05, 0) is 18.1 Å². The molecule has 0 unspecified atom stereocenters. The Bertz CT molecular complexity index is 893. The molecule has 8 heteroatoms. The Balaban J connectivity index is 1.17. The van der Waals surface area contributed by atoms with Crippen LogP contribution in [0.4, 0.5) is 17.3 Å². The summed E-state index contributed by atoms with van der Waals surface area (Å²) >= 11 is 0. The normalized spacial score (nSPS) is 19.8. The molecule has 0 bridgehead atoms. The molecule has 1 amide bonds. The summed E-state index contributed by atoms with van der Waals surface area (Å²) < 4.78 is 5.44. The van der Waals surface area contributed by atoms with Crippen molar-refractivity contribution in [3.63, 3.8) is 0 Å². The van der Waals surface area contributed by atoms with Gasteiger partial charge in [0.2, 0.25) is 5.91 Å². The summed E-state index contributed by atoms with van der Waals surface area (Å²) in [6.07, 6.45) is 2.61. The summed E-state index contributed by atoms with van der Waals surface area (Å²) in [5, 5.41) is 0. The maximum atomic E-state index is 12.9. The minimum atomic E-state index is 0.199. The summed E-state index contributed by atoms with van der Waals surface area (Å²) in [6.45, 7) is 7.94. The van der Waals surface area contributed by atoms with Gasteiger partial charge >= 0.3 is 0 Å². The molecule has 3 aliphatic rings. The maximum Gasteiger partial charge on any atom is 0.241 e. The summed E-state index contributed by atoms with van der Waals surface area (Å²) in [5.41, 5.74) is 2.35. The van der Waals surface area contributed by atoms with E-state index in [1.807, 2.05) is 17.0 Å². The fourth-order valence-electron chi connectivity index (χ4n) is 4.48. The number of anilines is 3. The third-order valence-electron chi connectivity index (χ3n) is 6.22. The van der Waals surface area contributed by atoms with E-state index in [4.69, 9.17) is 4.74 Å². The summed E-state index contributed by atoms with van der Waals surface area (Å²) in [5.74, 6) is 2.13. The van der Waals surface area contributed by atoms with Crippen LogP contribution in [-0.2, 0) is 16.0 Å². The lowest BCUT2D eigenvalue weighted by Gasteiger charge is -2.36. The summed E-state index contributed by atoms with van der Waals surface area (Å²) in [4.78, 5) is 30.6. The molecule has 8 nitrogen and oxygen atoms in total. The third kappa shape index (κ3) is 3.97. The summed E-state index contributed by atoms with van der Waals surface area (Å²) in [7, 11) is 0. The molecule has 0 N–H and O–H groups in total. The number of nitrogens with zero attached hydrogens (tertiary/aromatic N) is 6. The Morgan fingerprint density at radius 2 is 1.60 bits per heavy atom. The van der Waals surface area contributed by atoms with Crippen molar-refractivity contribution < 1.29 is 9.53 Å². The fraction of sp³-hybridized carbons (Fsp3) is 0.500. The van der Waals surface area contributed by atoms with Crippen molar-refractivity contribution in [1.29, 1.82) is 0 Å². The zero-order chi connectivity index (χ0) is 20.3. The molecular weight excluding hydrogens is 380 g/mol. The second-order valence-electron chi connectivity index (χ2n) is 8.02. The molecule has 5 rings (SSSR count). The Morgan fingerprint density at radius 1 is 0.900 bits per heavy atom. The molecule has 1 aromatic heterocycles. The van der Waals surface area contributed by atoms with Gasteiger partial charge < -0.3 is 19.4 Å². The van der Waals surface area contributed by atoms with Crippen molar-refractivity contribution in [2.45, 2.75) is 6.42 Å². The van der Waals surface area contributed by atoms with Gasteiger partial charge in [0.25, 0.3) is 0 Å². The highest BCUT2D eigenvalue weighted by Gasteiger charge is 2.27. The lowest BCUT2D eigenvalue weighted by atomic mass is 10.2. The van der Waals surface area contributed by atoms with E-state index in [1.54, 1.807) is 6.33 Å². The largest absolute Gasteiger partial charge is 0.378 e. The minimum absolute atomic E-state index is 0.199. The number of para-hydroxylation sites is 1. The van der Waals surface area contributed by atoms with E-state index in [0.717, 1.165) is 82.8 Å². The van der Waals surface area contributed by atoms with Crippen LogP contribution in [-0.4, -0.2) is 86.3 Å². The van der Waals surface area contributed by atoms with Crippen LogP contribution < -0.4 is 14.7 Å². The number of piperazine rings is 1. The van der Waals surface area contributed by atoms with Gasteiger partial charge in [-0.15, -0.1) is 0 Å². The quantitative estimate of drug-likeness (QED) is 0.749. The third-order valence-corrected chi connectivity index (χ3v) is 6.22. The van der Waals surface area contributed by atoms with Gasteiger partial charge in [-0.2, -0.15) is 0 Å². The molecule has 2 aromatic rings. The smallest absolute Gasteiger partial charge is 0.241 e. The van der Waals surface area contributed by atoms with Crippen molar-refractivity contribution in [1.82, 2.24) is 14.9 Å². The first-order chi connectivity index (χ1) is 14.8. The molecule has 1 aromatic carbocycles. The number of rotatable bonds is 4. The molecule has 3 aliphatic heterocycles. The van der Waals surface area contributed by atoms with E-state index in [0.29, 0.717) is 6.54 Å². The average Bonchev–Trinajstić information content (AvgIpc) is 3.25. The van der Waals surface area contributed by atoms with Gasteiger partial charge in [0, 0.05) is 57.6 Å². The molecule has 2 saturated heterocycles. The number of amides is 1. The fourth-order valence-corrected chi connectivity index (χ4v) is 4.48. The number of morpholine rings is 1. The highest BCUT2D eigenvalue weighted by atomic mass is 16.5. The number of benzene rings is 1. The van der Waals surface area contributed by atoms with Crippen LogP contribution in [0.2, 0.25) is 0 Å². The monoisotopic (exact) mass is 408 g/mol. The van der Waals surface area contributed by atoms with E-state index in [1.165, 1.54) is 5.56 Å². The van der Waals surface area contributed by atoms with Gasteiger partial charge in [0.05, 0.1) is 19.8 Å². The molecule has 0 aliphatic carbocycles. The van der Waals surface area contributed by atoms with Crippen molar-refractivity contribution in [3.05, 3.63) is 42.2 Å². The average molecular weight is 409 g/mol. The zero-order valence-corrected chi connectivity index (χ0v) is 17.2. The highest BCUT2D eigenvalue weighted by Crippen LogP contribution is 2.27. The Labute approximate surface area is 177 Å². The molecule has 0 atom stereocenters. The number of carbonyl (C=O) groups excluding carboxylic acids is 1. The van der Waals surface area contributed by atoms with Crippen LogP contribution in [0, 0.1) is 0 Å². The lowest BCUT2D eigenvalue weighted by Crippen LogP contribution is -2.50. The van der Waals surface area contributed by atoms with E-state index >= 15 is 0 Å². The first-order valence-electron chi connectivity index (χ1n) is 10.8. The first kappa shape index (κ1) is 19.3. The van der Waals surface area contributed by atoms with Crippen LogP contribution in [0.5, 0.6) is 0 Å². The second kappa shape index (κ2) is 8.57. The van der Waals surface area contributed by atoms with Crippen molar-refractivity contribution in [2.24, 2.45) is 0 Å². The van der Waals surface area contributed by atoms with E-state index in [2.05, 4.69) is 42.9 Å². The molecule has 0 spiro atoms. The van der Waals surface area contributed by atoms with Crippen LogP contribution in [0.15, 0.2) is 36.7 Å². The lowest BCUT2D eigenvalue weighted by molar-refractivity contribution is -0.119. The number of carbonyl (C=O) groups is 1. The first-order valence-corrected chi connectivity index (χ1v) is 10.8. The topological polar surface area (TPSA) is 65.0 Å². The zero-order valence-electron chi connectivity index (χ0n) is 17.2. The molecular formula is C22H28N6O2. The Morgan fingerprint density at radius 3 is 2.37 bits per heavy atom. The molecule has 30 heavy (non-hydrogen) atoms. The van der Waals surface area contributed by atoms with E-state index < -0.39 is 0 Å². The standard InChI is InChI=1S/C22H28N6O2/c29-22(28-6-5-18-3-1-2-4-19(18)28)16-25-7-9-26(10-8-25)20-15-21(24-17-23-20)27-11-13-30-14-12-27/h1-4,15,17H,5-14,16H2. The van der Waals surface area contributed by atoms with Crippen LogP contribution >= 0.6 is 0 Å². The molecule has 4 heterocycles. The number of hydrogen-bond donors (Lipinski definition) is 0. The second-order valence-corrected chi connectivity index (χ2v) is 8.02. The van der Waals surface area contributed by atoms with Crippen molar-refractivity contribution in [3.8, 4) is 0 Å². The highest BCUT2D eigenvalue weighted by molar-refractivity contribution is 5.96.